The number of methoxy groups -OCH3 is 1. The van der Waals surface area contributed by atoms with E-state index in [0.29, 0.717) is 3.57 Å². The van der Waals surface area contributed by atoms with Gasteiger partial charge >= 0.3 is 6.09 Å². The van der Waals surface area contributed by atoms with Crippen molar-refractivity contribution in [1.82, 2.24) is 9.80 Å². The maximum atomic E-state index is 14.7. The van der Waals surface area contributed by atoms with Crippen LogP contribution in [0.4, 0.5) is 29.3 Å². The zero-order valence-electron chi connectivity index (χ0n) is 19.1. The van der Waals surface area contributed by atoms with Crippen LogP contribution in [-0.4, -0.2) is 64.8 Å². The highest BCUT2D eigenvalue weighted by Gasteiger charge is 2.49. The number of nitrogens with one attached hydrogen (secondary N) is 1. The highest BCUT2D eigenvalue weighted by molar-refractivity contribution is 14.1. The van der Waals surface area contributed by atoms with E-state index in [2.05, 4.69) is 5.32 Å². The minimum atomic E-state index is -1.31. The third-order valence-corrected chi connectivity index (χ3v) is 6.35. The summed E-state index contributed by atoms with van der Waals surface area (Å²) in [6.45, 7) is 5.33. The van der Waals surface area contributed by atoms with Crippen LogP contribution >= 0.6 is 22.6 Å². The molecule has 0 radical (unpaired) electrons. The van der Waals surface area contributed by atoms with Crippen LogP contribution < -0.4 is 5.32 Å². The molecule has 1 heterocycles. The van der Waals surface area contributed by atoms with Gasteiger partial charge < -0.3 is 25.0 Å². The molecule has 2 N–H and O–H groups in total. The fraction of sp³-hybridized carbons (Fsp3) is 0.391. The molecule has 11 heteroatoms. The van der Waals surface area contributed by atoms with Gasteiger partial charge in [-0.2, -0.15) is 0 Å². The number of hydrogen-bond acceptors (Lipinski definition) is 4. The molecule has 3 rings (SSSR count). The lowest BCUT2D eigenvalue weighted by molar-refractivity contribution is -0.126. The maximum Gasteiger partial charge on any atom is 0.407 e. The molecule has 1 fully saturated rings. The van der Waals surface area contributed by atoms with Crippen LogP contribution in [-0.2, 0) is 4.74 Å². The smallest absolute Gasteiger partial charge is 0.407 e. The van der Waals surface area contributed by atoms with Gasteiger partial charge in [-0.25, -0.2) is 18.0 Å². The molecule has 0 aliphatic carbocycles. The number of benzene rings is 2. The number of amides is 2. The lowest BCUT2D eigenvalue weighted by Crippen LogP contribution is -2.70. The first-order valence-electron chi connectivity index (χ1n) is 10.3. The van der Waals surface area contributed by atoms with E-state index >= 15 is 0 Å². The molecule has 7 nitrogen and oxygen atoms in total. The Kier molecular flexibility index (Phi) is 7.37. The second kappa shape index (κ2) is 9.61. The molecule has 0 unspecified atom stereocenters. The van der Waals surface area contributed by atoms with E-state index in [1.165, 1.54) is 29.0 Å². The number of carbonyl (C=O) groups is 2. The van der Waals surface area contributed by atoms with Crippen LogP contribution in [0.5, 0.6) is 0 Å². The normalized spacial score (nSPS) is 15.0. The van der Waals surface area contributed by atoms with Gasteiger partial charge in [0.1, 0.15) is 11.4 Å². The number of carboxylic acid groups (broad SMARTS) is 1. The molecule has 2 amide bonds. The van der Waals surface area contributed by atoms with E-state index in [-0.39, 0.29) is 30.9 Å². The van der Waals surface area contributed by atoms with E-state index in [1.807, 2.05) is 22.6 Å². The summed E-state index contributed by atoms with van der Waals surface area (Å²) in [5.74, 6) is -3.82. The largest absolute Gasteiger partial charge is 0.465 e. The third kappa shape index (κ3) is 5.24. The molecule has 184 valence electrons. The van der Waals surface area contributed by atoms with Crippen molar-refractivity contribution < 1.29 is 32.6 Å². The second-order valence-corrected chi connectivity index (χ2v) is 10.4. The van der Waals surface area contributed by atoms with Gasteiger partial charge in [-0.3, -0.25) is 4.79 Å². The highest BCUT2D eigenvalue weighted by Crippen LogP contribution is 2.34. The number of likely N-dealkylation sites (tertiary alicyclic amines) is 1. The molecule has 0 aromatic heterocycles. The Morgan fingerprint density at radius 1 is 1.18 bits per heavy atom. The van der Waals surface area contributed by atoms with Gasteiger partial charge in [0.15, 0.2) is 11.6 Å². The predicted octanol–water partition coefficient (Wildman–Crippen LogP) is 5.07. The molecule has 0 atom stereocenters. The standard InChI is InChI=1S/C23H25F3IN3O4/c1-22(2,3)30(21(32)33)12-23(34-4)10-29(11-23)20(31)14-6-7-15(24)18(26)19(14)28-17-8-5-13(27)9-16(17)25/h5-9,28H,10-12H2,1-4H3,(H,32,33). The van der Waals surface area contributed by atoms with E-state index in [0.717, 1.165) is 12.1 Å². The zero-order valence-corrected chi connectivity index (χ0v) is 21.2. The lowest BCUT2D eigenvalue weighted by Gasteiger charge is -2.52. The number of hydrogen-bond donors (Lipinski definition) is 2. The number of carbonyl (C=O) groups excluding carboxylic acids is 1. The summed E-state index contributed by atoms with van der Waals surface area (Å²) < 4.78 is 49.2. The lowest BCUT2D eigenvalue weighted by atomic mass is 9.90. The van der Waals surface area contributed by atoms with Gasteiger partial charge in [0, 0.05) is 16.2 Å². The summed E-state index contributed by atoms with van der Waals surface area (Å²) in [5, 5.41) is 12.1. The van der Waals surface area contributed by atoms with Crippen molar-refractivity contribution in [2.75, 3.05) is 32.1 Å². The van der Waals surface area contributed by atoms with Crippen LogP contribution in [0.2, 0.25) is 0 Å². The average Bonchev–Trinajstić information content (AvgIpc) is 2.71. The molecule has 1 saturated heterocycles. The third-order valence-electron chi connectivity index (χ3n) is 5.68. The molecule has 2 aromatic rings. The number of anilines is 2. The maximum absolute atomic E-state index is 14.7. The predicted molar refractivity (Wildman–Crippen MR) is 129 cm³/mol. The summed E-state index contributed by atoms with van der Waals surface area (Å²) in [7, 11) is 1.43. The Morgan fingerprint density at radius 2 is 1.82 bits per heavy atom. The first-order chi connectivity index (χ1) is 15.8. The van der Waals surface area contributed by atoms with Gasteiger partial charge in [0.2, 0.25) is 0 Å². The van der Waals surface area contributed by atoms with Crippen molar-refractivity contribution in [2.24, 2.45) is 0 Å². The molecule has 0 bridgehead atoms. The molecule has 2 aromatic carbocycles. The van der Waals surface area contributed by atoms with Crippen LogP contribution in [0.25, 0.3) is 0 Å². The van der Waals surface area contributed by atoms with Gasteiger partial charge in [-0.05, 0) is 73.7 Å². The Morgan fingerprint density at radius 3 is 2.35 bits per heavy atom. The number of ether oxygens (including phenoxy) is 1. The molecule has 1 aliphatic heterocycles. The molecule has 0 saturated carbocycles. The van der Waals surface area contributed by atoms with E-state index in [9.17, 15) is 27.9 Å². The monoisotopic (exact) mass is 591 g/mol. The van der Waals surface area contributed by atoms with Crippen molar-refractivity contribution in [3.63, 3.8) is 0 Å². The summed E-state index contributed by atoms with van der Waals surface area (Å²) >= 11 is 1.91. The highest BCUT2D eigenvalue weighted by atomic mass is 127. The minimum absolute atomic E-state index is 0.0167. The van der Waals surface area contributed by atoms with Gasteiger partial charge in [-0.1, -0.05) is 0 Å². The topological polar surface area (TPSA) is 82.1 Å². The Hall–Kier alpha value is -2.54. The fourth-order valence-electron chi connectivity index (χ4n) is 3.71. The Labute approximate surface area is 209 Å². The number of rotatable bonds is 6. The van der Waals surface area contributed by atoms with Crippen molar-refractivity contribution >= 4 is 46.0 Å². The van der Waals surface area contributed by atoms with Crippen molar-refractivity contribution in [2.45, 2.75) is 31.9 Å². The van der Waals surface area contributed by atoms with E-state index < -0.39 is 46.3 Å². The van der Waals surface area contributed by atoms with Crippen molar-refractivity contribution in [1.29, 1.82) is 0 Å². The van der Waals surface area contributed by atoms with Crippen molar-refractivity contribution in [3.8, 4) is 0 Å². The fourth-order valence-corrected chi connectivity index (χ4v) is 4.17. The molecule has 0 spiro atoms. The molecular weight excluding hydrogens is 566 g/mol. The molecule has 34 heavy (non-hydrogen) atoms. The molecular formula is C23H25F3IN3O4. The molecule has 1 aliphatic rings. The minimum Gasteiger partial charge on any atom is -0.465 e. The summed E-state index contributed by atoms with van der Waals surface area (Å²) in [6, 6.07) is 6.11. The van der Waals surface area contributed by atoms with Crippen LogP contribution in [0, 0.1) is 21.0 Å². The van der Waals surface area contributed by atoms with Gasteiger partial charge in [0.05, 0.1) is 36.6 Å². The van der Waals surface area contributed by atoms with Crippen LogP contribution in [0.1, 0.15) is 31.1 Å². The SMILES string of the molecule is COC1(CN(C(=O)O)C(C)(C)C)CN(C(=O)c2ccc(F)c(F)c2Nc2ccc(I)cc2F)C1. The van der Waals surface area contributed by atoms with E-state index in [4.69, 9.17) is 4.74 Å². The first kappa shape index (κ1) is 26.1. The summed E-state index contributed by atoms with van der Waals surface area (Å²) in [6.07, 6.45) is -1.12. The van der Waals surface area contributed by atoms with E-state index in [1.54, 1.807) is 26.8 Å². The summed E-state index contributed by atoms with van der Waals surface area (Å²) in [5.41, 5.74) is -2.43. The number of nitrogens with zero attached hydrogens (tertiary/aromatic N) is 2. The second-order valence-electron chi connectivity index (χ2n) is 9.12. The van der Waals surface area contributed by atoms with Crippen molar-refractivity contribution in [3.05, 3.63) is 56.9 Å². The average molecular weight is 591 g/mol. The van der Waals surface area contributed by atoms with Gasteiger partial charge in [-0.15, -0.1) is 0 Å². The van der Waals surface area contributed by atoms with Crippen LogP contribution in [0.15, 0.2) is 30.3 Å². The van der Waals surface area contributed by atoms with Crippen LogP contribution in [0.3, 0.4) is 0 Å². The number of halogens is 4. The van der Waals surface area contributed by atoms with Gasteiger partial charge in [0.25, 0.3) is 5.91 Å². The zero-order chi connectivity index (χ0) is 25.4. The summed E-state index contributed by atoms with van der Waals surface area (Å²) in [4.78, 5) is 27.5. The Bertz CT molecular complexity index is 1120. The Balaban J connectivity index is 1.86. The quantitative estimate of drug-likeness (QED) is 0.459. The first-order valence-corrected chi connectivity index (χ1v) is 11.4.